The van der Waals surface area contributed by atoms with E-state index in [1.165, 1.54) is 0 Å². The lowest BCUT2D eigenvalue weighted by Gasteiger charge is -2.16. The lowest BCUT2D eigenvalue weighted by Crippen LogP contribution is -2.29. The van der Waals surface area contributed by atoms with Crippen LogP contribution in [0.1, 0.15) is 42.8 Å². The van der Waals surface area contributed by atoms with Gasteiger partial charge >= 0.3 is 0 Å². The quantitative estimate of drug-likeness (QED) is 0.455. The Balaban J connectivity index is 2.84. The van der Waals surface area contributed by atoms with Crippen LogP contribution in [-0.4, -0.2) is 10.2 Å². The maximum atomic E-state index is 5.56. The van der Waals surface area contributed by atoms with E-state index in [0.717, 1.165) is 29.8 Å². The molecule has 3 N–H and O–H groups in total. The second-order valence-corrected chi connectivity index (χ2v) is 3.71. The second kappa shape index (κ2) is 6.21. The number of hydrazine groups is 1. The first-order chi connectivity index (χ1) is 7.69. The number of rotatable bonds is 4. The topological polar surface area (TPSA) is 63.8 Å². The third-order valence-corrected chi connectivity index (χ3v) is 2.45. The Morgan fingerprint density at radius 3 is 2.81 bits per heavy atom. The second-order valence-electron chi connectivity index (χ2n) is 3.71. The Hall–Kier alpha value is -1.44. The van der Waals surface area contributed by atoms with Crippen LogP contribution in [0, 0.1) is 25.7 Å². The molecule has 16 heavy (non-hydrogen) atoms. The molecular weight excluding hydrogens is 200 g/mol. The molecule has 1 rings (SSSR count). The summed E-state index contributed by atoms with van der Waals surface area (Å²) in [5, 5.41) is 8.10. The molecule has 4 nitrogen and oxygen atoms in total. The highest BCUT2D eigenvalue weighted by Gasteiger charge is 2.13. The van der Waals surface area contributed by atoms with E-state index in [1.54, 1.807) is 0 Å². The molecule has 0 aliphatic carbocycles. The smallest absolute Gasteiger partial charge is 0.0648 e. The van der Waals surface area contributed by atoms with Gasteiger partial charge in [0, 0.05) is 12.5 Å². The van der Waals surface area contributed by atoms with Crippen molar-refractivity contribution in [3.05, 3.63) is 23.0 Å². The van der Waals surface area contributed by atoms with Gasteiger partial charge in [0.05, 0.1) is 11.4 Å². The summed E-state index contributed by atoms with van der Waals surface area (Å²) in [5.41, 5.74) is 5.73. The monoisotopic (exact) mass is 218 g/mol. The van der Waals surface area contributed by atoms with Crippen LogP contribution in [0.15, 0.2) is 6.07 Å². The van der Waals surface area contributed by atoms with Gasteiger partial charge in [-0.2, -0.15) is 10.2 Å². The first-order valence-corrected chi connectivity index (χ1v) is 5.35. The number of hydrogen-bond donors (Lipinski definition) is 2. The number of aromatic nitrogens is 2. The van der Waals surface area contributed by atoms with E-state index in [4.69, 9.17) is 5.84 Å². The van der Waals surface area contributed by atoms with Crippen molar-refractivity contribution in [3.8, 4) is 11.8 Å². The lowest BCUT2D eigenvalue weighted by atomic mass is 10.0. The first-order valence-electron chi connectivity index (χ1n) is 5.35. The average molecular weight is 218 g/mol. The number of nitrogens with two attached hydrogens (primary N) is 1. The Morgan fingerprint density at radius 1 is 1.44 bits per heavy atom. The van der Waals surface area contributed by atoms with Crippen molar-refractivity contribution in [1.29, 1.82) is 0 Å². The van der Waals surface area contributed by atoms with Gasteiger partial charge in [-0.25, -0.2) is 0 Å². The van der Waals surface area contributed by atoms with Crippen LogP contribution >= 0.6 is 0 Å². The van der Waals surface area contributed by atoms with E-state index >= 15 is 0 Å². The van der Waals surface area contributed by atoms with Gasteiger partial charge in [-0.05, 0) is 38.8 Å². The normalized spacial score (nSPS) is 11.8. The van der Waals surface area contributed by atoms with E-state index in [-0.39, 0.29) is 6.04 Å². The zero-order chi connectivity index (χ0) is 12.0. The van der Waals surface area contributed by atoms with Gasteiger partial charge in [0.25, 0.3) is 0 Å². The highest BCUT2D eigenvalue weighted by Crippen LogP contribution is 2.19. The van der Waals surface area contributed by atoms with Crippen molar-refractivity contribution in [2.24, 2.45) is 5.84 Å². The van der Waals surface area contributed by atoms with Crippen molar-refractivity contribution in [1.82, 2.24) is 15.6 Å². The molecule has 4 heteroatoms. The molecule has 1 aromatic rings. The molecule has 0 saturated heterocycles. The van der Waals surface area contributed by atoms with Gasteiger partial charge < -0.3 is 0 Å². The molecular formula is C12H18N4. The fourth-order valence-corrected chi connectivity index (χ4v) is 1.59. The Bertz CT molecular complexity index is 403. The third kappa shape index (κ3) is 3.30. The van der Waals surface area contributed by atoms with Crippen molar-refractivity contribution in [2.75, 3.05) is 0 Å². The minimum Gasteiger partial charge on any atom is -0.271 e. The number of hydrogen-bond acceptors (Lipinski definition) is 4. The molecule has 0 aliphatic rings. The highest BCUT2D eigenvalue weighted by atomic mass is 15.2. The molecule has 0 amide bonds. The number of nitrogens with one attached hydrogen (secondary N) is 1. The van der Waals surface area contributed by atoms with E-state index in [1.807, 2.05) is 26.8 Å². The fraction of sp³-hybridized carbons (Fsp3) is 0.500. The molecule has 1 atom stereocenters. The molecule has 86 valence electrons. The summed E-state index contributed by atoms with van der Waals surface area (Å²) in [6.45, 7) is 5.71. The average Bonchev–Trinajstić information content (AvgIpc) is 2.28. The maximum absolute atomic E-state index is 5.56. The largest absolute Gasteiger partial charge is 0.271 e. The molecule has 0 radical (unpaired) electrons. The molecule has 1 aromatic heterocycles. The molecule has 0 saturated carbocycles. The predicted molar refractivity (Wildman–Crippen MR) is 64.3 cm³/mol. The molecule has 1 unspecified atom stereocenters. The zero-order valence-electron chi connectivity index (χ0n) is 10.0. The van der Waals surface area contributed by atoms with E-state index in [2.05, 4.69) is 27.5 Å². The van der Waals surface area contributed by atoms with Crippen molar-refractivity contribution in [3.63, 3.8) is 0 Å². The molecule has 0 fully saturated rings. The van der Waals surface area contributed by atoms with Gasteiger partial charge in [-0.3, -0.25) is 11.3 Å². The van der Waals surface area contributed by atoms with E-state index in [0.29, 0.717) is 0 Å². The van der Waals surface area contributed by atoms with Crippen LogP contribution in [0.4, 0.5) is 0 Å². The number of aryl methyl sites for hydroxylation is 2. The van der Waals surface area contributed by atoms with Crippen LogP contribution in [0.3, 0.4) is 0 Å². The van der Waals surface area contributed by atoms with Crippen molar-refractivity contribution in [2.45, 2.75) is 39.7 Å². The van der Waals surface area contributed by atoms with Crippen molar-refractivity contribution >= 4 is 0 Å². The summed E-state index contributed by atoms with van der Waals surface area (Å²) in [6, 6.07) is 2.11. The Morgan fingerprint density at radius 2 is 2.19 bits per heavy atom. The van der Waals surface area contributed by atoms with Crippen LogP contribution in [0.5, 0.6) is 0 Å². The molecule has 0 bridgehead atoms. The van der Waals surface area contributed by atoms with E-state index in [9.17, 15) is 0 Å². The minimum absolute atomic E-state index is 0.0926. The molecule has 1 heterocycles. The van der Waals surface area contributed by atoms with Crippen LogP contribution in [-0.2, 0) is 0 Å². The van der Waals surface area contributed by atoms with Gasteiger partial charge in [0.2, 0.25) is 0 Å². The Kier molecular flexibility index (Phi) is 4.90. The third-order valence-electron chi connectivity index (χ3n) is 2.45. The summed E-state index contributed by atoms with van der Waals surface area (Å²) < 4.78 is 0. The predicted octanol–water partition coefficient (Wildman–Crippen LogP) is 1.40. The van der Waals surface area contributed by atoms with Crippen molar-refractivity contribution < 1.29 is 0 Å². The molecule has 0 aromatic carbocycles. The van der Waals surface area contributed by atoms with Gasteiger partial charge in [-0.15, -0.1) is 11.8 Å². The van der Waals surface area contributed by atoms with Crippen LogP contribution in [0.2, 0.25) is 0 Å². The summed E-state index contributed by atoms with van der Waals surface area (Å²) in [7, 11) is 0. The standard InChI is InChI=1S/C12H18N4/c1-4-5-6-7-12(14-13)11-8-9(2)15-16-10(11)3/h8,12,14H,6-7,13H2,1-3H3. The summed E-state index contributed by atoms with van der Waals surface area (Å²) in [6.07, 6.45) is 1.70. The van der Waals surface area contributed by atoms with Crippen LogP contribution < -0.4 is 11.3 Å². The first kappa shape index (κ1) is 12.6. The van der Waals surface area contributed by atoms with Gasteiger partial charge in [-0.1, -0.05) is 0 Å². The van der Waals surface area contributed by atoms with Gasteiger partial charge in [0.15, 0.2) is 0 Å². The molecule has 0 aliphatic heterocycles. The fourth-order valence-electron chi connectivity index (χ4n) is 1.59. The van der Waals surface area contributed by atoms with E-state index < -0.39 is 0 Å². The highest BCUT2D eigenvalue weighted by molar-refractivity contribution is 5.23. The SMILES string of the molecule is CC#CCCC(NN)c1cc(C)nnc1C. The maximum Gasteiger partial charge on any atom is 0.0648 e. The summed E-state index contributed by atoms with van der Waals surface area (Å²) >= 11 is 0. The Labute approximate surface area is 96.6 Å². The lowest BCUT2D eigenvalue weighted by molar-refractivity contribution is 0.517. The van der Waals surface area contributed by atoms with Crippen LogP contribution in [0.25, 0.3) is 0 Å². The summed E-state index contributed by atoms with van der Waals surface area (Å²) in [4.78, 5) is 0. The zero-order valence-corrected chi connectivity index (χ0v) is 10.0. The summed E-state index contributed by atoms with van der Waals surface area (Å²) in [5.74, 6) is 11.5. The molecule has 0 spiro atoms. The number of nitrogens with zero attached hydrogens (tertiary/aromatic N) is 2. The van der Waals surface area contributed by atoms with Gasteiger partial charge in [0.1, 0.15) is 0 Å². The minimum atomic E-state index is 0.0926.